The number of aryl methyl sites for hydroxylation is 2. The number of nitrogens with zero attached hydrogens (tertiary/aromatic N) is 1. The summed E-state index contributed by atoms with van der Waals surface area (Å²) < 4.78 is 10.7. The molecule has 0 aliphatic carbocycles. The smallest absolute Gasteiger partial charge is 0.213 e. The Morgan fingerprint density at radius 3 is 2.78 bits per heavy atom. The van der Waals surface area contributed by atoms with Gasteiger partial charge in [0.2, 0.25) is 5.89 Å². The van der Waals surface area contributed by atoms with Crippen LogP contribution in [-0.2, 0) is 6.54 Å². The SMILES string of the molecule is COc1ccc(Cl)cc1NCc1nc(C)c(C)o1. The zero-order valence-electron chi connectivity index (χ0n) is 10.6. The molecular formula is C13H15ClN2O2. The number of anilines is 1. The van der Waals surface area contributed by atoms with Gasteiger partial charge in [-0.25, -0.2) is 4.98 Å². The summed E-state index contributed by atoms with van der Waals surface area (Å²) >= 11 is 5.95. The Labute approximate surface area is 111 Å². The molecule has 1 N–H and O–H groups in total. The van der Waals surface area contributed by atoms with Crippen molar-refractivity contribution in [3.8, 4) is 5.75 Å². The van der Waals surface area contributed by atoms with Gasteiger partial charge in [-0.3, -0.25) is 0 Å². The fourth-order valence-electron chi connectivity index (χ4n) is 1.60. The highest BCUT2D eigenvalue weighted by atomic mass is 35.5. The first kappa shape index (κ1) is 12.8. The fourth-order valence-corrected chi connectivity index (χ4v) is 1.78. The Morgan fingerprint density at radius 2 is 2.17 bits per heavy atom. The predicted octanol–water partition coefficient (Wildman–Crippen LogP) is 3.57. The third-order valence-corrected chi connectivity index (χ3v) is 2.90. The van der Waals surface area contributed by atoms with Gasteiger partial charge in [0.25, 0.3) is 0 Å². The van der Waals surface area contributed by atoms with Gasteiger partial charge in [0.15, 0.2) is 0 Å². The lowest BCUT2D eigenvalue weighted by Crippen LogP contribution is -2.01. The van der Waals surface area contributed by atoms with E-state index in [9.17, 15) is 0 Å². The number of methoxy groups -OCH3 is 1. The van der Waals surface area contributed by atoms with Crippen molar-refractivity contribution in [3.05, 3.63) is 40.6 Å². The Hall–Kier alpha value is -1.68. The average Bonchev–Trinajstić information content (AvgIpc) is 2.66. The first-order valence-corrected chi connectivity index (χ1v) is 5.98. The number of nitrogens with one attached hydrogen (secondary N) is 1. The van der Waals surface area contributed by atoms with Crippen LogP contribution in [0.2, 0.25) is 5.02 Å². The molecule has 96 valence electrons. The normalized spacial score (nSPS) is 10.4. The number of rotatable bonds is 4. The Balaban J connectivity index is 2.12. The number of aromatic nitrogens is 1. The largest absolute Gasteiger partial charge is 0.495 e. The van der Waals surface area contributed by atoms with Crippen molar-refractivity contribution in [1.82, 2.24) is 4.98 Å². The van der Waals surface area contributed by atoms with Gasteiger partial charge in [-0.2, -0.15) is 0 Å². The van der Waals surface area contributed by atoms with Crippen molar-refractivity contribution in [2.75, 3.05) is 12.4 Å². The monoisotopic (exact) mass is 266 g/mol. The molecule has 1 aromatic heterocycles. The standard InChI is InChI=1S/C13H15ClN2O2/c1-8-9(2)18-13(16-8)7-15-11-6-10(14)4-5-12(11)17-3/h4-6,15H,7H2,1-3H3. The average molecular weight is 267 g/mol. The first-order chi connectivity index (χ1) is 8.60. The van der Waals surface area contributed by atoms with Crippen LogP contribution in [0.15, 0.2) is 22.6 Å². The molecule has 0 amide bonds. The molecule has 1 aromatic carbocycles. The molecule has 0 saturated carbocycles. The lowest BCUT2D eigenvalue weighted by molar-refractivity contribution is 0.416. The van der Waals surface area contributed by atoms with E-state index in [-0.39, 0.29) is 0 Å². The summed E-state index contributed by atoms with van der Waals surface area (Å²) in [7, 11) is 1.62. The minimum Gasteiger partial charge on any atom is -0.495 e. The molecule has 0 unspecified atom stereocenters. The molecule has 0 radical (unpaired) electrons. The minimum absolute atomic E-state index is 0.491. The van der Waals surface area contributed by atoms with Crippen molar-refractivity contribution >= 4 is 17.3 Å². The highest BCUT2D eigenvalue weighted by molar-refractivity contribution is 6.30. The Kier molecular flexibility index (Phi) is 3.77. The van der Waals surface area contributed by atoms with Crippen molar-refractivity contribution in [1.29, 1.82) is 0 Å². The zero-order chi connectivity index (χ0) is 13.1. The van der Waals surface area contributed by atoms with Crippen molar-refractivity contribution in [3.63, 3.8) is 0 Å². The van der Waals surface area contributed by atoms with Gasteiger partial charge in [-0.15, -0.1) is 0 Å². The second-order valence-electron chi connectivity index (χ2n) is 3.95. The number of halogens is 1. The maximum absolute atomic E-state index is 5.95. The van der Waals surface area contributed by atoms with E-state index in [1.54, 1.807) is 13.2 Å². The third kappa shape index (κ3) is 2.76. The van der Waals surface area contributed by atoms with E-state index in [4.69, 9.17) is 20.8 Å². The van der Waals surface area contributed by atoms with E-state index >= 15 is 0 Å². The molecule has 0 fully saturated rings. The lowest BCUT2D eigenvalue weighted by atomic mass is 10.3. The number of ether oxygens (including phenoxy) is 1. The molecule has 2 rings (SSSR count). The summed E-state index contributed by atoms with van der Waals surface area (Å²) in [6.07, 6.45) is 0. The quantitative estimate of drug-likeness (QED) is 0.919. The molecule has 0 saturated heterocycles. The maximum Gasteiger partial charge on any atom is 0.213 e. The minimum atomic E-state index is 0.491. The summed E-state index contributed by atoms with van der Waals surface area (Å²) in [6, 6.07) is 5.41. The van der Waals surface area contributed by atoms with Crippen LogP contribution in [0.1, 0.15) is 17.3 Å². The van der Waals surface area contributed by atoms with Crippen LogP contribution in [0, 0.1) is 13.8 Å². The summed E-state index contributed by atoms with van der Waals surface area (Å²) in [5.41, 5.74) is 1.73. The molecule has 0 aliphatic heterocycles. The van der Waals surface area contributed by atoms with Gasteiger partial charge >= 0.3 is 0 Å². The van der Waals surface area contributed by atoms with Gasteiger partial charge < -0.3 is 14.5 Å². The zero-order valence-corrected chi connectivity index (χ0v) is 11.3. The van der Waals surface area contributed by atoms with Crippen LogP contribution in [0.4, 0.5) is 5.69 Å². The van der Waals surface area contributed by atoms with Crippen LogP contribution in [0.3, 0.4) is 0 Å². The number of oxazole rings is 1. The molecule has 0 atom stereocenters. The molecular weight excluding hydrogens is 252 g/mol. The van der Waals surface area contributed by atoms with E-state index in [1.165, 1.54) is 0 Å². The fraction of sp³-hybridized carbons (Fsp3) is 0.308. The van der Waals surface area contributed by atoms with Crippen molar-refractivity contribution in [2.45, 2.75) is 20.4 Å². The van der Waals surface area contributed by atoms with Gasteiger partial charge in [0, 0.05) is 5.02 Å². The molecule has 1 heterocycles. The number of hydrogen-bond acceptors (Lipinski definition) is 4. The van der Waals surface area contributed by atoms with E-state index in [0.717, 1.165) is 22.9 Å². The van der Waals surface area contributed by atoms with Gasteiger partial charge in [-0.1, -0.05) is 11.6 Å². The topological polar surface area (TPSA) is 47.3 Å². The Bertz CT molecular complexity index is 532. The number of benzene rings is 1. The highest BCUT2D eigenvalue weighted by Crippen LogP contribution is 2.28. The molecule has 4 nitrogen and oxygen atoms in total. The van der Waals surface area contributed by atoms with E-state index in [0.29, 0.717) is 17.5 Å². The van der Waals surface area contributed by atoms with E-state index in [2.05, 4.69) is 10.3 Å². The van der Waals surface area contributed by atoms with Gasteiger partial charge in [0.1, 0.15) is 11.5 Å². The second kappa shape index (κ2) is 5.31. The summed E-state index contributed by atoms with van der Waals surface area (Å²) in [4.78, 5) is 4.30. The first-order valence-electron chi connectivity index (χ1n) is 5.60. The molecule has 18 heavy (non-hydrogen) atoms. The lowest BCUT2D eigenvalue weighted by Gasteiger charge is -2.09. The van der Waals surface area contributed by atoms with Crippen LogP contribution >= 0.6 is 11.6 Å². The maximum atomic E-state index is 5.95. The van der Waals surface area contributed by atoms with Gasteiger partial charge in [-0.05, 0) is 32.0 Å². The van der Waals surface area contributed by atoms with E-state index in [1.807, 2.05) is 26.0 Å². The van der Waals surface area contributed by atoms with Crippen molar-refractivity contribution < 1.29 is 9.15 Å². The molecule has 0 spiro atoms. The van der Waals surface area contributed by atoms with Crippen LogP contribution in [0.25, 0.3) is 0 Å². The summed E-state index contributed by atoms with van der Waals surface area (Å²) in [5, 5.41) is 3.85. The molecule has 0 bridgehead atoms. The third-order valence-electron chi connectivity index (χ3n) is 2.66. The Morgan fingerprint density at radius 1 is 1.39 bits per heavy atom. The van der Waals surface area contributed by atoms with E-state index < -0.39 is 0 Å². The summed E-state index contributed by atoms with van der Waals surface area (Å²) in [6.45, 7) is 4.31. The van der Waals surface area contributed by atoms with Crippen LogP contribution in [-0.4, -0.2) is 12.1 Å². The molecule has 2 aromatic rings. The second-order valence-corrected chi connectivity index (χ2v) is 4.38. The van der Waals surface area contributed by atoms with Gasteiger partial charge in [0.05, 0.1) is 25.0 Å². The predicted molar refractivity (Wildman–Crippen MR) is 71.3 cm³/mol. The van der Waals surface area contributed by atoms with Crippen LogP contribution in [0.5, 0.6) is 5.75 Å². The number of hydrogen-bond donors (Lipinski definition) is 1. The highest BCUT2D eigenvalue weighted by Gasteiger charge is 2.07. The van der Waals surface area contributed by atoms with Crippen molar-refractivity contribution in [2.24, 2.45) is 0 Å². The molecule has 5 heteroatoms. The molecule has 0 aliphatic rings. The van der Waals surface area contributed by atoms with Crippen LogP contribution < -0.4 is 10.1 Å². The summed E-state index contributed by atoms with van der Waals surface area (Å²) in [5.74, 6) is 2.22.